The van der Waals surface area contributed by atoms with Gasteiger partial charge in [-0.2, -0.15) is 0 Å². The molecule has 0 aromatic carbocycles. The highest BCUT2D eigenvalue weighted by Gasteiger charge is 2.42. The number of aliphatic carboxylic acids is 1. The summed E-state index contributed by atoms with van der Waals surface area (Å²) in [4.78, 5) is 34.5. The molecule has 0 aromatic heterocycles. The Balaban J connectivity index is 2.67. The van der Waals surface area contributed by atoms with Crippen LogP contribution in [0.3, 0.4) is 0 Å². The van der Waals surface area contributed by atoms with E-state index in [2.05, 4.69) is 5.32 Å². The molecule has 4 N–H and O–H groups in total. The third-order valence-electron chi connectivity index (χ3n) is 3.86. The smallest absolute Gasteiger partial charge is 0.310 e. The summed E-state index contributed by atoms with van der Waals surface area (Å²) < 4.78 is 0. The lowest BCUT2D eigenvalue weighted by molar-refractivity contribution is -0.154. The molecule has 0 radical (unpaired) electrons. The predicted octanol–water partition coefficient (Wildman–Crippen LogP) is 1.18. The molecule has 0 aromatic rings. The number of hydrogen-bond donors (Lipinski definition) is 3. The highest BCUT2D eigenvalue weighted by Crippen LogP contribution is 2.39. The monoisotopic (exact) mass is 284 g/mol. The van der Waals surface area contributed by atoms with Crippen LogP contribution in [0, 0.1) is 5.41 Å². The van der Waals surface area contributed by atoms with Gasteiger partial charge >= 0.3 is 5.97 Å². The van der Waals surface area contributed by atoms with Crippen LogP contribution >= 0.6 is 0 Å². The number of amides is 2. The maximum atomic E-state index is 12.1. The quantitative estimate of drug-likeness (QED) is 0.680. The molecule has 6 heteroatoms. The van der Waals surface area contributed by atoms with Crippen molar-refractivity contribution in [3.8, 4) is 0 Å². The molecule has 114 valence electrons. The van der Waals surface area contributed by atoms with Crippen LogP contribution in [-0.2, 0) is 14.4 Å². The molecule has 1 fully saturated rings. The van der Waals surface area contributed by atoms with Gasteiger partial charge in [0.15, 0.2) is 0 Å². The molecule has 0 spiro atoms. The van der Waals surface area contributed by atoms with Gasteiger partial charge in [0.2, 0.25) is 11.8 Å². The molecule has 0 unspecified atom stereocenters. The first-order chi connectivity index (χ1) is 9.17. The fourth-order valence-corrected chi connectivity index (χ4v) is 2.90. The third-order valence-corrected chi connectivity index (χ3v) is 3.86. The number of primary amides is 1. The van der Waals surface area contributed by atoms with Gasteiger partial charge in [-0.15, -0.1) is 0 Å². The first kappa shape index (κ1) is 16.5. The Bertz CT molecular complexity index is 398. The zero-order valence-electron chi connectivity index (χ0n) is 12.2. The molecule has 1 aliphatic rings. The van der Waals surface area contributed by atoms with E-state index in [1.54, 1.807) is 13.8 Å². The van der Waals surface area contributed by atoms with Crippen LogP contribution < -0.4 is 11.1 Å². The van der Waals surface area contributed by atoms with Crippen LogP contribution in [0.2, 0.25) is 0 Å². The lowest BCUT2D eigenvalue weighted by atomic mass is 9.71. The van der Waals surface area contributed by atoms with Gasteiger partial charge in [0.1, 0.15) is 0 Å². The highest BCUT2D eigenvalue weighted by atomic mass is 16.4. The van der Waals surface area contributed by atoms with E-state index in [1.165, 1.54) is 0 Å². The van der Waals surface area contributed by atoms with Gasteiger partial charge in [-0.3, -0.25) is 14.4 Å². The van der Waals surface area contributed by atoms with Crippen molar-refractivity contribution in [2.24, 2.45) is 11.1 Å². The molecule has 0 saturated heterocycles. The average Bonchev–Trinajstić information content (AvgIpc) is 2.26. The second-order valence-electron chi connectivity index (χ2n) is 6.40. The standard InChI is InChI=1S/C14H24N2O4/c1-13(2,8-10(15)17)16-11(18)9-14(12(19)20)6-4-3-5-7-14/h3-9H2,1-2H3,(H2,15,17)(H,16,18)(H,19,20). The van der Waals surface area contributed by atoms with Gasteiger partial charge in [-0.25, -0.2) is 0 Å². The summed E-state index contributed by atoms with van der Waals surface area (Å²) in [5.74, 6) is -1.73. The molecule has 1 rings (SSSR count). The SMILES string of the molecule is CC(C)(CC(N)=O)NC(=O)CC1(C(=O)O)CCCCC1. The van der Waals surface area contributed by atoms with E-state index >= 15 is 0 Å². The number of carbonyl (C=O) groups is 3. The number of rotatable bonds is 6. The van der Waals surface area contributed by atoms with Crippen molar-refractivity contribution in [1.29, 1.82) is 0 Å². The van der Waals surface area contributed by atoms with Crippen LogP contribution in [0.15, 0.2) is 0 Å². The average molecular weight is 284 g/mol. The van der Waals surface area contributed by atoms with Gasteiger partial charge in [-0.05, 0) is 26.7 Å². The van der Waals surface area contributed by atoms with Crippen molar-refractivity contribution in [1.82, 2.24) is 5.32 Å². The van der Waals surface area contributed by atoms with E-state index in [1.807, 2.05) is 0 Å². The zero-order chi connectivity index (χ0) is 15.4. The van der Waals surface area contributed by atoms with Crippen LogP contribution in [0.5, 0.6) is 0 Å². The number of carboxylic acids is 1. The van der Waals surface area contributed by atoms with Crippen LogP contribution in [-0.4, -0.2) is 28.4 Å². The minimum absolute atomic E-state index is 0.0266. The van der Waals surface area contributed by atoms with Gasteiger partial charge in [0, 0.05) is 18.4 Å². The molecule has 1 saturated carbocycles. The van der Waals surface area contributed by atoms with Crippen molar-refractivity contribution in [2.45, 2.75) is 64.3 Å². The Morgan fingerprint density at radius 1 is 1.20 bits per heavy atom. The minimum Gasteiger partial charge on any atom is -0.481 e. The topological polar surface area (TPSA) is 109 Å². The molecule has 6 nitrogen and oxygen atoms in total. The summed E-state index contributed by atoms with van der Waals surface area (Å²) >= 11 is 0. The summed E-state index contributed by atoms with van der Waals surface area (Å²) in [5, 5.41) is 12.1. The number of nitrogens with two attached hydrogens (primary N) is 1. The number of carboxylic acid groups (broad SMARTS) is 1. The van der Waals surface area contributed by atoms with Crippen molar-refractivity contribution < 1.29 is 19.5 Å². The summed E-state index contributed by atoms with van der Waals surface area (Å²) in [5.41, 5.74) is 3.42. The van der Waals surface area contributed by atoms with E-state index in [4.69, 9.17) is 5.73 Å². The molecular formula is C14H24N2O4. The minimum atomic E-state index is -0.953. The van der Waals surface area contributed by atoms with E-state index in [0.717, 1.165) is 19.3 Å². The van der Waals surface area contributed by atoms with Gasteiger partial charge in [0.25, 0.3) is 0 Å². The predicted molar refractivity (Wildman–Crippen MR) is 73.8 cm³/mol. The van der Waals surface area contributed by atoms with Crippen LogP contribution in [0.25, 0.3) is 0 Å². The van der Waals surface area contributed by atoms with E-state index in [-0.39, 0.29) is 18.7 Å². The zero-order valence-corrected chi connectivity index (χ0v) is 12.2. The summed E-state index contributed by atoms with van der Waals surface area (Å²) in [6.45, 7) is 3.40. The maximum Gasteiger partial charge on any atom is 0.310 e. The second kappa shape index (κ2) is 6.24. The van der Waals surface area contributed by atoms with Crippen molar-refractivity contribution >= 4 is 17.8 Å². The molecule has 1 aliphatic carbocycles. The summed E-state index contributed by atoms with van der Waals surface area (Å²) in [6, 6.07) is 0. The summed E-state index contributed by atoms with van der Waals surface area (Å²) in [7, 11) is 0. The molecular weight excluding hydrogens is 260 g/mol. The number of carbonyl (C=O) groups excluding carboxylic acids is 2. The van der Waals surface area contributed by atoms with E-state index in [9.17, 15) is 19.5 Å². The van der Waals surface area contributed by atoms with Crippen LogP contribution in [0.1, 0.15) is 58.8 Å². The van der Waals surface area contributed by atoms with E-state index < -0.39 is 22.8 Å². The first-order valence-electron chi connectivity index (χ1n) is 7.00. The van der Waals surface area contributed by atoms with Crippen molar-refractivity contribution in [3.63, 3.8) is 0 Å². The van der Waals surface area contributed by atoms with Gasteiger partial charge in [-0.1, -0.05) is 19.3 Å². The Hall–Kier alpha value is -1.59. The fraction of sp³-hybridized carbons (Fsp3) is 0.786. The first-order valence-corrected chi connectivity index (χ1v) is 7.00. The molecule has 20 heavy (non-hydrogen) atoms. The highest BCUT2D eigenvalue weighted by molar-refractivity contribution is 5.86. The largest absolute Gasteiger partial charge is 0.481 e. The molecule has 0 bridgehead atoms. The molecule has 2 amide bonds. The Kier molecular flexibility index (Phi) is 5.14. The molecule has 0 atom stereocenters. The molecule has 0 heterocycles. The van der Waals surface area contributed by atoms with Crippen molar-refractivity contribution in [3.05, 3.63) is 0 Å². The lowest BCUT2D eigenvalue weighted by Gasteiger charge is -2.34. The Labute approximate surface area is 119 Å². The fourth-order valence-electron chi connectivity index (χ4n) is 2.90. The lowest BCUT2D eigenvalue weighted by Crippen LogP contribution is -2.48. The molecule has 0 aliphatic heterocycles. The van der Waals surface area contributed by atoms with Crippen LogP contribution in [0.4, 0.5) is 0 Å². The second-order valence-corrected chi connectivity index (χ2v) is 6.40. The van der Waals surface area contributed by atoms with Gasteiger partial charge < -0.3 is 16.2 Å². The van der Waals surface area contributed by atoms with Gasteiger partial charge in [0.05, 0.1) is 5.41 Å². The number of hydrogen-bond acceptors (Lipinski definition) is 3. The maximum absolute atomic E-state index is 12.1. The Morgan fingerprint density at radius 3 is 2.20 bits per heavy atom. The van der Waals surface area contributed by atoms with E-state index in [0.29, 0.717) is 12.8 Å². The number of nitrogens with one attached hydrogen (secondary N) is 1. The summed E-state index contributed by atoms with van der Waals surface area (Å²) in [6.07, 6.45) is 3.75. The Morgan fingerprint density at radius 2 is 1.75 bits per heavy atom. The third kappa shape index (κ3) is 4.51. The normalized spacial score (nSPS) is 18.3. The van der Waals surface area contributed by atoms with Crippen molar-refractivity contribution in [2.75, 3.05) is 0 Å².